The summed E-state index contributed by atoms with van der Waals surface area (Å²) in [7, 11) is -5.52. The molecule has 50 heavy (non-hydrogen) atoms. The molecule has 0 bridgehead atoms. The molecule has 4 aromatic carbocycles. The van der Waals surface area contributed by atoms with Crippen LogP contribution in [-0.4, -0.2) is 4.89 Å². The van der Waals surface area contributed by atoms with Gasteiger partial charge in [0.2, 0.25) is 0 Å². The molecule has 4 aromatic rings. The van der Waals surface area contributed by atoms with Crippen molar-refractivity contribution in [2.75, 3.05) is 0 Å². The van der Waals surface area contributed by atoms with Crippen LogP contribution in [0, 0.1) is 0 Å². The van der Waals surface area contributed by atoms with Gasteiger partial charge >= 0.3 is 32.5 Å². The van der Waals surface area contributed by atoms with Crippen LogP contribution in [-0.2, 0) is 47.5 Å². The normalized spacial score (nSPS) is 17.7. The van der Waals surface area contributed by atoms with Gasteiger partial charge in [0, 0.05) is 27.7 Å². The molecule has 0 radical (unpaired) electrons. The van der Waals surface area contributed by atoms with E-state index in [2.05, 4.69) is 0 Å². The summed E-state index contributed by atoms with van der Waals surface area (Å²) in [6, 6.07) is 6.70. The van der Waals surface area contributed by atoms with Gasteiger partial charge in [0.25, 0.3) is 0 Å². The highest BCUT2D eigenvalue weighted by Gasteiger charge is 2.53. The first-order valence-electron chi connectivity index (χ1n) is 14.6. The van der Waals surface area contributed by atoms with Crippen LogP contribution in [0.2, 0.25) is 0 Å². The maximum atomic E-state index is 13.8. The maximum Gasteiger partial charge on any atom is 0.584 e. The van der Waals surface area contributed by atoms with E-state index >= 15 is 0 Å². The predicted molar refractivity (Wildman–Crippen MR) is 152 cm³/mol. The number of alkyl halides is 12. The van der Waals surface area contributed by atoms with E-state index in [1.807, 2.05) is 0 Å². The Hall–Kier alpha value is -4.17. The number of benzene rings is 4. The molecule has 3 aliphatic rings. The first-order valence-corrected chi connectivity index (χ1v) is 16.1. The second-order valence-corrected chi connectivity index (χ2v) is 13.6. The fourth-order valence-electron chi connectivity index (χ4n) is 7.27. The highest BCUT2D eigenvalue weighted by molar-refractivity contribution is 7.48. The summed E-state index contributed by atoms with van der Waals surface area (Å²) < 4.78 is 190. The molecule has 0 amide bonds. The van der Waals surface area contributed by atoms with Crippen LogP contribution in [0.3, 0.4) is 0 Å². The maximum absolute atomic E-state index is 13.8. The van der Waals surface area contributed by atoms with Gasteiger partial charge in [-0.3, -0.25) is 4.89 Å². The second-order valence-electron chi connectivity index (χ2n) is 12.3. The third-order valence-electron chi connectivity index (χ3n) is 9.30. The van der Waals surface area contributed by atoms with Gasteiger partial charge < -0.3 is 9.05 Å². The molecule has 0 saturated carbocycles. The zero-order chi connectivity index (χ0) is 36.4. The summed E-state index contributed by atoms with van der Waals surface area (Å²) in [5, 5.41) is 0. The molecule has 0 atom stereocenters. The van der Waals surface area contributed by atoms with Crippen LogP contribution < -0.4 is 9.05 Å². The quantitative estimate of drug-likeness (QED) is 0.164. The van der Waals surface area contributed by atoms with Crippen LogP contribution >= 0.6 is 7.82 Å². The van der Waals surface area contributed by atoms with E-state index in [1.165, 1.54) is 12.1 Å². The Morgan fingerprint density at radius 3 is 1.16 bits per heavy atom. The van der Waals surface area contributed by atoms with Crippen LogP contribution in [0.25, 0.3) is 22.3 Å². The Kier molecular flexibility index (Phi) is 7.32. The molecule has 0 fully saturated rings. The first-order chi connectivity index (χ1) is 23.0. The number of hydrogen-bond acceptors (Lipinski definition) is 3. The minimum Gasteiger partial charge on any atom is -0.394 e. The zero-order valence-electron chi connectivity index (χ0n) is 24.8. The van der Waals surface area contributed by atoms with Crippen molar-refractivity contribution >= 4 is 7.82 Å². The molecule has 264 valence electrons. The monoisotopic (exact) mass is 738 g/mol. The molecule has 0 unspecified atom stereocenters. The molecule has 17 heteroatoms. The molecule has 0 aromatic heterocycles. The Morgan fingerprint density at radius 1 is 0.540 bits per heavy atom. The predicted octanol–water partition coefficient (Wildman–Crippen LogP) is 11.1. The fourth-order valence-corrected chi connectivity index (χ4v) is 8.15. The van der Waals surface area contributed by atoms with E-state index in [9.17, 15) is 62.1 Å². The Labute approximate surface area is 273 Å². The van der Waals surface area contributed by atoms with Crippen molar-refractivity contribution in [2.45, 2.75) is 55.8 Å². The Balaban J connectivity index is 1.51. The van der Waals surface area contributed by atoms with E-state index < -0.39 is 93.9 Å². The number of phosphoric acid groups is 1. The van der Waals surface area contributed by atoms with Crippen molar-refractivity contribution in [1.29, 1.82) is 0 Å². The average Bonchev–Trinajstić information content (AvgIpc) is 3.55. The average molecular weight is 738 g/mol. The lowest BCUT2D eigenvalue weighted by atomic mass is 9.74. The lowest BCUT2D eigenvalue weighted by molar-refractivity contribution is -0.144. The standard InChI is InChI=1S/C33H19F12O4P/c34-30(35,36)19-9-17(10-20(13-19)31(37,38)39)23-3-1-15-5-7-29-8-6-16-2-4-24(28(26(16)29)49-50(46,47)48-27(23)25(15)29)18-11-21(32(40,41)42)14-22(12-18)33(43,44)45/h1-4,9-14H,5-8H2,(H,46,47). The number of rotatable bonds is 2. The molecule has 7 rings (SSSR count). The van der Waals surface area contributed by atoms with Gasteiger partial charge in [-0.05, 0) is 84.3 Å². The largest absolute Gasteiger partial charge is 0.584 e. The zero-order valence-corrected chi connectivity index (χ0v) is 25.7. The van der Waals surface area contributed by atoms with Crippen LogP contribution in [0.1, 0.15) is 57.3 Å². The molecule has 1 N–H and O–H groups in total. The number of hydrogen-bond donors (Lipinski definition) is 1. The summed E-state index contributed by atoms with van der Waals surface area (Å²) in [6.07, 6.45) is -20.1. The molecular weight excluding hydrogens is 719 g/mol. The van der Waals surface area contributed by atoms with Crippen molar-refractivity contribution in [1.82, 2.24) is 0 Å². The minimum atomic E-state index is -5.52. The highest BCUT2D eigenvalue weighted by atomic mass is 31.2. The third kappa shape index (κ3) is 5.60. The lowest BCUT2D eigenvalue weighted by Gasteiger charge is -2.34. The minimum absolute atomic E-state index is 0.0823. The summed E-state index contributed by atoms with van der Waals surface area (Å²) >= 11 is 0. The molecule has 0 saturated heterocycles. The van der Waals surface area contributed by atoms with Crippen LogP contribution in [0.4, 0.5) is 52.7 Å². The lowest BCUT2D eigenvalue weighted by Crippen LogP contribution is -2.25. The summed E-state index contributed by atoms with van der Waals surface area (Å²) in [6.45, 7) is 0. The van der Waals surface area contributed by atoms with E-state index in [4.69, 9.17) is 9.05 Å². The summed E-state index contributed by atoms with van der Waals surface area (Å²) in [5.74, 6) is -1.05. The van der Waals surface area contributed by atoms with Gasteiger partial charge in [0.15, 0.2) is 0 Å². The number of halogens is 12. The van der Waals surface area contributed by atoms with Gasteiger partial charge in [0.05, 0.1) is 22.3 Å². The van der Waals surface area contributed by atoms with E-state index in [0.29, 0.717) is 35.4 Å². The van der Waals surface area contributed by atoms with Crippen molar-refractivity contribution in [3.05, 3.63) is 105 Å². The summed E-state index contributed by atoms with van der Waals surface area (Å²) in [5.41, 5.74) is -8.78. The van der Waals surface area contributed by atoms with E-state index in [0.717, 1.165) is 12.1 Å². The fraction of sp³-hybridized carbons (Fsp3) is 0.273. The van der Waals surface area contributed by atoms with E-state index in [1.54, 1.807) is 0 Å². The van der Waals surface area contributed by atoms with Crippen molar-refractivity contribution < 1.29 is 71.2 Å². The molecular formula is C33H19F12O4P. The Bertz CT molecular complexity index is 1920. The summed E-state index contributed by atoms with van der Waals surface area (Å²) in [4.78, 5) is 11.0. The van der Waals surface area contributed by atoms with Gasteiger partial charge in [0.1, 0.15) is 11.5 Å². The Morgan fingerprint density at radius 2 is 0.860 bits per heavy atom. The van der Waals surface area contributed by atoms with Crippen molar-refractivity contribution in [2.24, 2.45) is 0 Å². The van der Waals surface area contributed by atoms with E-state index in [-0.39, 0.29) is 48.9 Å². The molecule has 2 aliphatic carbocycles. The third-order valence-corrected chi connectivity index (χ3v) is 10.1. The smallest absolute Gasteiger partial charge is 0.394 e. The SMILES string of the molecule is O=P1(O)Oc2c(-c3cc(C(F)(F)F)cc(C(F)(F)F)c3)ccc3c2C2(CC3)CCc3ccc(-c4cc(C(F)(F)F)cc(C(F)(F)F)c4)c(c32)O1. The van der Waals surface area contributed by atoms with Crippen molar-refractivity contribution in [3.8, 4) is 33.8 Å². The van der Waals surface area contributed by atoms with Gasteiger partial charge in [-0.15, -0.1) is 0 Å². The highest BCUT2D eigenvalue weighted by Crippen LogP contribution is 2.65. The van der Waals surface area contributed by atoms with Crippen LogP contribution in [0.15, 0.2) is 60.7 Å². The second kappa shape index (κ2) is 10.7. The van der Waals surface area contributed by atoms with Gasteiger partial charge in [-0.1, -0.05) is 24.3 Å². The van der Waals surface area contributed by atoms with Crippen LogP contribution in [0.5, 0.6) is 11.5 Å². The number of phosphoric ester groups is 1. The number of aryl methyl sites for hydroxylation is 2. The topological polar surface area (TPSA) is 55.8 Å². The molecule has 1 aliphatic heterocycles. The molecule has 1 spiro atoms. The molecule has 1 heterocycles. The van der Waals surface area contributed by atoms with Gasteiger partial charge in [-0.25, -0.2) is 4.57 Å². The molecule has 4 nitrogen and oxygen atoms in total. The first kappa shape index (κ1) is 34.3. The van der Waals surface area contributed by atoms with Crippen molar-refractivity contribution in [3.63, 3.8) is 0 Å². The van der Waals surface area contributed by atoms with Gasteiger partial charge in [-0.2, -0.15) is 52.7 Å².